The minimum absolute atomic E-state index is 0.0540. The standard InChI is InChI=1S/C34H34Cl2FN3O4S/c1-24(2)21-38-34(42)32(20-25-9-5-3-6-10-25)39(22-26-13-18-30(35)31(36)19-26)33(41)23-40(28-11-7-4-8-12-28)45(43,44)29-16-14-27(37)15-17-29/h3-19,24,32H,20-23H2,1-2H3,(H,38,42)/t32-/m0/s1. The molecular formula is C34H34Cl2FN3O4S. The zero-order chi connectivity index (χ0) is 32.6. The first-order valence-corrected chi connectivity index (χ1v) is 16.5. The van der Waals surface area contributed by atoms with Gasteiger partial charge < -0.3 is 10.2 Å². The molecule has 0 unspecified atom stereocenters. The van der Waals surface area contributed by atoms with E-state index >= 15 is 0 Å². The maximum absolute atomic E-state index is 14.4. The highest BCUT2D eigenvalue weighted by atomic mass is 35.5. The Morgan fingerprint density at radius 1 is 0.822 bits per heavy atom. The Kier molecular flexibility index (Phi) is 11.6. The van der Waals surface area contributed by atoms with Gasteiger partial charge in [0.2, 0.25) is 11.8 Å². The van der Waals surface area contributed by atoms with Crippen LogP contribution in [0.3, 0.4) is 0 Å². The van der Waals surface area contributed by atoms with Crippen molar-refractivity contribution in [1.82, 2.24) is 10.2 Å². The topological polar surface area (TPSA) is 86.8 Å². The number of nitrogens with one attached hydrogen (secondary N) is 1. The predicted octanol–water partition coefficient (Wildman–Crippen LogP) is 6.74. The lowest BCUT2D eigenvalue weighted by Crippen LogP contribution is -2.53. The van der Waals surface area contributed by atoms with Crippen LogP contribution in [-0.2, 0) is 32.6 Å². The first kappa shape index (κ1) is 34.0. The summed E-state index contributed by atoms with van der Waals surface area (Å²) in [5.41, 5.74) is 1.64. The van der Waals surface area contributed by atoms with Crippen molar-refractivity contribution in [3.05, 3.63) is 130 Å². The van der Waals surface area contributed by atoms with E-state index in [9.17, 15) is 22.4 Å². The normalized spacial score (nSPS) is 12.0. The lowest BCUT2D eigenvalue weighted by atomic mass is 10.0. The minimum atomic E-state index is -4.33. The quantitative estimate of drug-likeness (QED) is 0.171. The van der Waals surface area contributed by atoms with Crippen LogP contribution >= 0.6 is 23.2 Å². The summed E-state index contributed by atoms with van der Waals surface area (Å²) in [7, 11) is -4.33. The second kappa shape index (κ2) is 15.4. The van der Waals surface area contributed by atoms with E-state index in [1.165, 1.54) is 4.90 Å². The number of anilines is 1. The molecule has 7 nitrogen and oxygen atoms in total. The molecule has 0 bridgehead atoms. The van der Waals surface area contributed by atoms with Crippen LogP contribution in [0, 0.1) is 11.7 Å². The Labute approximate surface area is 273 Å². The Hall–Kier alpha value is -3.92. The van der Waals surface area contributed by atoms with Crippen molar-refractivity contribution in [3.63, 3.8) is 0 Å². The number of amides is 2. The summed E-state index contributed by atoms with van der Waals surface area (Å²) in [6, 6.07) is 25.7. The van der Waals surface area contributed by atoms with Crippen molar-refractivity contribution in [3.8, 4) is 0 Å². The lowest BCUT2D eigenvalue weighted by Gasteiger charge is -2.34. The van der Waals surface area contributed by atoms with Gasteiger partial charge in [-0.05, 0) is 65.6 Å². The SMILES string of the molecule is CC(C)CNC(=O)[C@H](Cc1ccccc1)N(Cc1ccc(Cl)c(Cl)c1)C(=O)CN(c1ccccc1)S(=O)(=O)c1ccc(F)cc1. The van der Waals surface area contributed by atoms with E-state index in [4.69, 9.17) is 23.2 Å². The molecule has 4 rings (SSSR count). The summed E-state index contributed by atoms with van der Waals surface area (Å²) in [5.74, 6) is -1.45. The fourth-order valence-corrected chi connectivity index (χ4v) is 6.40. The molecule has 0 aliphatic carbocycles. The summed E-state index contributed by atoms with van der Waals surface area (Å²) >= 11 is 12.5. The van der Waals surface area contributed by atoms with Gasteiger partial charge >= 0.3 is 0 Å². The van der Waals surface area contributed by atoms with E-state index in [0.29, 0.717) is 17.1 Å². The molecule has 0 spiro atoms. The van der Waals surface area contributed by atoms with Gasteiger partial charge in [0.25, 0.3) is 10.0 Å². The van der Waals surface area contributed by atoms with Crippen LogP contribution in [0.1, 0.15) is 25.0 Å². The van der Waals surface area contributed by atoms with E-state index in [1.807, 2.05) is 44.2 Å². The van der Waals surface area contributed by atoms with Crippen molar-refractivity contribution in [2.75, 3.05) is 17.4 Å². The zero-order valence-electron chi connectivity index (χ0n) is 24.9. The molecule has 2 amide bonds. The third-order valence-corrected chi connectivity index (χ3v) is 9.54. The van der Waals surface area contributed by atoms with E-state index in [0.717, 1.165) is 34.1 Å². The number of hydrogen-bond donors (Lipinski definition) is 1. The van der Waals surface area contributed by atoms with Crippen molar-refractivity contribution >= 4 is 50.7 Å². The molecule has 11 heteroatoms. The molecule has 1 N–H and O–H groups in total. The molecule has 4 aromatic carbocycles. The zero-order valence-corrected chi connectivity index (χ0v) is 27.2. The van der Waals surface area contributed by atoms with Gasteiger partial charge in [0, 0.05) is 19.5 Å². The molecule has 0 fully saturated rings. The number of para-hydroxylation sites is 1. The van der Waals surface area contributed by atoms with Crippen LogP contribution in [0.5, 0.6) is 0 Å². The number of hydrogen-bond acceptors (Lipinski definition) is 4. The second-order valence-electron chi connectivity index (χ2n) is 10.9. The molecule has 4 aromatic rings. The Morgan fingerprint density at radius 3 is 2.04 bits per heavy atom. The summed E-state index contributed by atoms with van der Waals surface area (Å²) < 4.78 is 42.5. The van der Waals surface area contributed by atoms with E-state index in [2.05, 4.69) is 5.32 Å². The smallest absolute Gasteiger partial charge is 0.264 e. The van der Waals surface area contributed by atoms with Gasteiger partial charge in [0.05, 0.1) is 20.6 Å². The molecule has 0 saturated heterocycles. The number of carbonyl (C=O) groups is 2. The number of halogens is 3. The van der Waals surface area contributed by atoms with Gasteiger partial charge in [0.15, 0.2) is 0 Å². The third-order valence-electron chi connectivity index (χ3n) is 7.02. The number of rotatable bonds is 13. The van der Waals surface area contributed by atoms with Gasteiger partial charge in [0.1, 0.15) is 18.4 Å². The summed E-state index contributed by atoms with van der Waals surface area (Å²) in [6.45, 7) is 3.62. The first-order chi connectivity index (χ1) is 21.5. The molecule has 0 radical (unpaired) electrons. The van der Waals surface area contributed by atoms with Crippen LogP contribution in [0.2, 0.25) is 10.0 Å². The number of nitrogens with zero attached hydrogens (tertiary/aromatic N) is 2. The van der Waals surface area contributed by atoms with Gasteiger partial charge in [-0.2, -0.15) is 0 Å². The van der Waals surface area contributed by atoms with E-state index < -0.39 is 34.3 Å². The molecule has 1 atom stereocenters. The third kappa shape index (κ3) is 9.06. The molecule has 0 aliphatic heterocycles. The highest BCUT2D eigenvalue weighted by Crippen LogP contribution is 2.27. The molecule has 0 saturated carbocycles. The van der Waals surface area contributed by atoms with Gasteiger partial charge in [-0.1, -0.05) is 91.6 Å². The average Bonchev–Trinajstić information content (AvgIpc) is 3.03. The minimum Gasteiger partial charge on any atom is -0.354 e. The van der Waals surface area contributed by atoms with Crippen molar-refractivity contribution < 1.29 is 22.4 Å². The highest BCUT2D eigenvalue weighted by Gasteiger charge is 2.34. The number of benzene rings is 4. The molecule has 0 aliphatic rings. The summed E-state index contributed by atoms with van der Waals surface area (Å²) in [5, 5.41) is 3.54. The van der Waals surface area contributed by atoms with Crippen LogP contribution < -0.4 is 9.62 Å². The highest BCUT2D eigenvalue weighted by molar-refractivity contribution is 7.92. The van der Waals surface area contributed by atoms with Crippen LogP contribution in [0.25, 0.3) is 0 Å². The van der Waals surface area contributed by atoms with E-state index in [1.54, 1.807) is 48.5 Å². The fourth-order valence-electron chi connectivity index (χ4n) is 4.67. The predicted molar refractivity (Wildman–Crippen MR) is 176 cm³/mol. The lowest BCUT2D eigenvalue weighted by molar-refractivity contribution is -0.140. The molecule has 0 aromatic heterocycles. The molecule has 0 heterocycles. The average molecular weight is 671 g/mol. The van der Waals surface area contributed by atoms with Gasteiger partial charge in [-0.25, -0.2) is 12.8 Å². The fraction of sp³-hybridized carbons (Fsp3) is 0.235. The van der Waals surface area contributed by atoms with Crippen molar-refractivity contribution in [2.45, 2.75) is 37.8 Å². The van der Waals surface area contributed by atoms with Crippen molar-refractivity contribution in [1.29, 1.82) is 0 Å². The van der Waals surface area contributed by atoms with Crippen LogP contribution in [0.15, 0.2) is 108 Å². The van der Waals surface area contributed by atoms with Crippen LogP contribution in [-0.4, -0.2) is 44.3 Å². The van der Waals surface area contributed by atoms with Crippen molar-refractivity contribution in [2.24, 2.45) is 5.92 Å². The number of sulfonamides is 1. The Morgan fingerprint density at radius 2 is 1.44 bits per heavy atom. The maximum Gasteiger partial charge on any atom is 0.264 e. The summed E-state index contributed by atoms with van der Waals surface area (Å²) in [4.78, 5) is 29.4. The maximum atomic E-state index is 14.4. The first-order valence-electron chi connectivity index (χ1n) is 14.3. The Bertz CT molecular complexity index is 1710. The van der Waals surface area contributed by atoms with Crippen LogP contribution in [0.4, 0.5) is 10.1 Å². The molecular weight excluding hydrogens is 636 g/mol. The molecule has 236 valence electrons. The summed E-state index contributed by atoms with van der Waals surface area (Å²) in [6.07, 6.45) is 0.174. The number of carbonyl (C=O) groups excluding carboxylic acids is 2. The Balaban J connectivity index is 1.79. The largest absolute Gasteiger partial charge is 0.354 e. The van der Waals surface area contributed by atoms with E-state index in [-0.39, 0.29) is 40.4 Å². The monoisotopic (exact) mass is 669 g/mol. The molecule has 45 heavy (non-hydrogen) atoms. The second-order valence-corrected chi connectivity index (χ2v) is 13.6. The van der Waals surface area contributed by atoms with Gasteiger partial charge in [-0.3, -0.25) is 13.9 Å². The van der Waals surface area contributed by atoms with Gasteiger partial charge in [-0.15, -0.1) is 0 Å².